The predicted molar refractivity (Wildman–Crippen MR) is 70.5 cm³/mol. The molecule has 0 radical (unpaired) electrons. The first-order chi connectivity index (χ1) is 8.06. The van der Waals surface area contributed by atoms with Gasteiger partial charge in [0.1, 0.15) is 6.04 Å². The quantitative estimate of drug-likeness (QED) is 0.849. The lowest BCUT2D eigenvalue weighted by Crippen LogP contribution is -2.38. The zero-order chi connectivity index (χ0) is 12.8. The summed E-state index contributed by atoms with van der Waals surface area (Å²) in [6.07, 6.45) is 1.07. The molecular weight excluding hydrogens is 212 g/mol. The Balaban J connectivity index is 2.64. The number of rotatable bonds is 5. The Morgan fingerprint density at radius 1 is 1.35 bits per heavy atom. The third-order valence-electron chi connectivity index (χ3n) is 3.08. The topological polar surface area (TPSA) is 46.3 Å². The van der Waals surface area contributed by atoms with Gasteiger partial charge in [-0.15, -0.1) is 0 Å². The van der Waals surface area contributed by atoms with Crippen molar-refractivity contribution in [1.82, 2.24) is 4.90 Å². The van der Waals surface area contributed by atoms with E-state index in [1.165, 1.54) is 0 Å². The van der Waals surface area contributed by atoms with Crippen LogP contribution in [0.1, 0.15) is 31.9 Å². The van der Waals surface area contributed by atoms with Gasteiger partial charge in [0.2, 0.25) is 5.91 Å². The fourth-order valence-electron chi connectivity index (χ4n) is 1.73. The van der Waals surface area contributed by atoms with Gasteiger partial charge in [0, 0.05) is 13.6 Å². The van der Waals surface area contributed by atoms with Crippen LogP contribution >= 0.6 is 0 Å². The van der Waals surface area contributed by atoms with Crippen LogP contribution in [-0.4, -0.2) is 24.4 Å². The lowest BCUT2D eigenvalue weighted by atomic mass is 10.1. The number of hydrogen-bond donors (Lipinski definition) is 1. The van der Waals surface area contributed by atoms with Crippen molar-refractivity contribution in [2.45, 2.75) is 26.3 Å². The fourth-order valence-corrected chi connectivity index (χ4v) is 1.73. The van der Waals surface area contributed by atoms with E-state index >= 15 is 0 Å². The number of nitrogens with zero attached hydrogens (tertiary/aromatic N) is 1. The van der Waals surface area contributed by atoms with Crippen LogP contribution < -0.4 is 5.73 Å². The number of likely N-dealkylation sites (N-methyl/N-ethyl adjacent to an activating group) is 1. The molecule has 1 amide bonds. The second-order valence-corrected chi connectivity index (χ2v) is 4.62. The monoisotopic (exact) mass is 234 g/mol. The lowest BCUT2D eigenvalue weighted by Gasteiger charge is -2.24. The molecule has 2 unspecified atom stereocenters. The van der Waals surface area contributed by atoms with E-state index in [0.717, 1.165) is 18.5 Å². The molecular formula is C14H22N2O. The summed E-state index contributed by atoms with van der Waals surface area (Å²) < 4.78 is 0. The molecule has 0 aliphatic rings. The maximum Gasteiger partial charge on any atom is 0.243 e. The van der Waals surface area contributed by atoms with Crippen LogP contribution in [0.5, 0.6) is 0 Å². The van der Waals surface area contributed by atoms with Gasteiger partial charge in [-0.25, -0.2) is 0 Å². The highest BCUT2D eigenvalue weighted by atomic mass is 16.2. The van der Waals surface area contributed by atoms with E-state index in [2.05, 4.69) is 13.8 Å². The minimum Gasteiger partial charge on any atom is -0.344 e. The van der Waals surface area contributed by atoms with Crippen LogP contribution in [-0.2, 0) is 4.79 Å². The average Bonchev–Trinajstić information content (AvgIpc) is 2.37. The van der Waals surface area contributed by atoms with Crippen molar-refractivity contribution >= 4 is 5.91 Å². The van der Waals surface area contributed by atoms with E-state index in [1.807, 2.05) is 37.4 Å². The Hall–Kier alpha value is -1.35. The van der Waals surface area contributed by atoms with E-state index in [-0.39, 0.29) is 5.91 Å². The molecule has 0 saturated heterocycles. The van der Waals surface area contributed by atoms with Crippen LogP contribution in [0.3, 0.4) is 0 Å². The van der Waals surface area contributed by atoms with Crippen molar-refractivity contribution in [2.75, 3.05) is 13.6 Å². The first-order valence-electron chi connectivity index (χ1n) is 6.11. The molecule has 1 aromatic rings. The van der Waals surface area contributed by atoms with Crippen LogP contribution in [0, 0.1) is 5.92 Å². The van der Waals surface area contributed by atoms with Gasteiger partial charge < -0.3 is 10.6 Å². The number of carbonyl (C=O) groups is 1. The van der Waals surface area contributed by atoms with Crippen molar-refractivity contribution in [3.63, 3.8) is 0 Å². The molecule has 0 aliphatic heterocycles. The minimum absolute atomic E-state index is 0.0171. The van der Waals surface area contributed by atoms with Gasteiger partial charge in [0.25, 0.3) is 0 Å². The predicted octanol–water partition coefficient (Wildman–Crippen LogP) is 2.19. The van der Waals surface area contributed by atoms with Crippen molar-refractivity contribution in [1.29, 1.82) is 0 Å². The summed E-state index contributed by atoms with van der Waals surface area (Å²) >= 11 is 0. The first kappa shape index (κ1) is 13.7. The van der Waals surface area contributed by atoms with Crippen molar-refractivity contribution in [3.05, 3.63) is 35.9 Å². The van der Waals surface area contributed by atoms with Gasteiger partial charge in [-0.05, 0) is 11.5 Å². The molecule has 2 N–H and O–H groups in total. The van der Waals surface area contributed by atoms with Crippen molar-refractivity contribution in [3.8, 4) is 0 Å². The molecule has 17 heavy (non-hydrogen) atoms. The highest BCUT2D eigenvalue weighted by Crippen LogP contribution is 2.13. The smallest absolute Gasteiger partial charge is 0.243 e. The SMILES string of the molecule is CCC(C)CN(C)C(=O)C(N)c1ccccc1. The summed E-state index contributed by atoms with van der Waals surface area (Å²) in [6, 6.07) is 8.95. The molecule has 0 spiro atoms. The Labute approximate surface area is 104 Å². The zero-order valence-electron chi connectivity index (χ0n) is 10.9. The summed E-state index contributed by atoms with van der Waals surface area (Å²) in [6.45, 7) is 5.02. The van der Waals surface area contributed by atoms with E-state index in [1.54, 1.807) is 4.90 Å². The second kappa shape index (κ2) is 6.40. The van der Waals surface area contributed by atoms with Gasteiger partial charge in [-0.2, -0.15) is 0 Å². The molecule has 0 saturated carbocycles. The number of carbonyl (C=O) groups excluding carboxylic acids is 1. The van der Waals surface area contributed by atoms with Crippen LogP contribution in [0.4, 0.5) is 0 Å². The second-order valence-electron chi connectivity index (χ2n) is 4.62. The summed E-state index contributed by atoms with van der Waals surface area (Å²) in [5.74, 6) is 0.489. The Bertz CT molecular complexity index is 350. The van der Waals surface area contributed by atoms with Gasteiger partial charge in [-0.3, -0.25) is 4.79 Å². The molecule has 0 aromatic heterocycles. The van der Waals surface area contributed by atoms with Crippen molar-refractivity contribution < 1.29 is 4.79 Å². The maximum atomic E-state index is 12.1. The Kier molecular flexibility index (Phi) is 5.16. The van der Waals surface area contributed by atoms with E-state index in [4.69, 9.17) is 5.73 Å². The molecule has 0 fully saturated rings. The average molecular weight is 234 g/mol. The molecule has 3 nitrogen and oxygen atoms in total. The molecule has 1 rings (SSSR count). The number of amides is 1. The zero-order valence-corrected chi connectivity index (χ0v) is 10.9. The van der Waals surface area contributed by atoms with E-state index in [0.29, 0.717) is 5.92 Å². The van der Waals surface area contributed by atoms with Gasteiger partial charge >= 0.3 is 0 Å². The van der Waals surface area contributed by atoms with Crippen molar-refractivity contribution in [2.24, 2.45) is 11.7 Å². The van der Waals surface area contributed by atoms with E-state index < -0.39 is 6.04 Å². The molecule has 94 valence electrons. The highest BCUT2D eigenvalue weighted by Gasteiger charge is 2.20. The highest BCUT2D eigenvalue weighted by molar-refractivity contribution is 5.82. The fraction of sp³-hybridized carbons (Fsp3) is 0.500. The summed E-state index contributed by atoms with van der Waals surface area (Å²) in [4.78, 5) is 13.8. The van der Waals surface area contributed by atoms with E-state index in [9.17, 15) is 4.79 Å². The summed E-state index contributed by atoms with van der Waals surface area (Å²) in [7, 11) is 1.82. The maximum absolute atomic E-state index is 12.1. The Morgan fingerprint density at radius 2 is 1.94 bits per heavy atom. The number of nitrogens with two attached hydrogens (primary N) is 1. The number of benzene rings is 1. The Morgan fingerprint density at radius 3 is 2.47 bits per heavy atom. The number of hydrogen-bond acceptors (Lipinski definition) is 2. The molecule has 0 aliphatic carbocycles. The molecule has 1 aromatic carbocycles. The van der Waals surface area contributed by atoms with Gasteiger partial charge in [0.15, 0.2) is 0 Å². The largest absolute Gasteiger partial charge is 0.344 e. The first-order valence-corrected chi connectivity index (χ1v) is 6.11. The third kappa shape index (κ3) is 3.86. The lowest BCUT2D eigenvalue weighted by molar-refractivity contribution is -0.131. The van der Waals surface area contributed by atoms with Crippen LogP contribution in [0.25, 0.3) is 0 Å². The van der Waals surface area contributed by atoms with Gasteiger partial charge in [0.05, 0.1) is 0 Å². The van der Waals surface area contributed by atoms with Gasteiger partial charge in [-0.1, -0.05) is 50.6 Å². The molecule has 2 atom stereocenters. The summed E-state index contributed by atoms with van der Waals surface area (Å²) in [5, 5.41) is 0. The standard InChI is InChI=1S/C14H22N2O/c1-4-11(2)10-16(3)14(17)13(15)12-8-6-5-7-9-12/h5-9,11,13H,4,10,15H2,1-3H3. The van der Waals surface area contributed by atoms with Crippen LogP contribution in [0.2, 0.25) is 0 Å². The minimum atomic E-state index is -0.551. The third-order valence-corrected chi connectivity index (χ3v) is 3.08. The van der Waals surface area contributed by atoms with Crippen LogP contribution in [0.15, 0.2) is 30.3 Å². The molecule has 0 bridgehead atoms. The molecule has 0 heterocycles. The normalized spacial score (nSPS) is 14.1. The summed E-state index contributed by atoms with van der Waals surface area (Å²) in [5.41, 5.74) is 6.83. The molecule has 3 heteroatoms.